The number of nitrogens with zero attached hydrogens (tertiary/aromatic N) is 1. The number of rotatable bonds is 2. The van der Waals surface area contributed by atoms with Crippen LogP contribution in [0.2, 0.25) is 0 Å². The van der Waals surface area contributed by atoms with Crippen molar-refractivity contribution >= 4 is 16.7 Å². The Balaban J connectivity index is 1.91. The first kappa shape index (κ1) is 16.6. The van der Waals surface area contributed by atoms with Crippen LogP contribution in [0.1, 0.15) is 45.1 Å². The lowest BCUT2D eigenvalue weighted by atomic mass is 9.77. The van der Waals surface area contributed by atoms with Crippen LogP contribution in [-0.4, -0.2) is 38.6 Å². The van der Waals surface area contributed by atoms with Gasteiger partial charge in [-0.15, -0.1) is 0 Å². The summed E-state index contributed by atoms with van der Waals surface area (Å²) in [5.74, 6) is 0.397. The van der Waals surface area contributed by atoms with Crippen molar-refractivity contribution in [3.63, 3.8) is 0 Å². The lowest BCUT2D eigenvalue weighted by molar-refractivity contribution is -0.137. The average Bonchev–Trinajstić information content (AvgIpc) is 3.01. The molecule has 126 valence electrons. The van der Waals surface area contributed by atoms with E-state index >= 15 is 0 Å². The second kappa shape index (κ2) is 6.00. The molecule has 0 spiro atoms. The SMILES string of the molecule is CC1(C)CN(C(=O)C2(c3ccc(F)cc3)CCCC2)CCS1=O. The number of halogens is 1. The Morgan fingerprint density at radius 2 is 1.78 bits per heavy atom. The highest BCUT2D eigenvalue weighted by atomic mass is 32.2. The molecule has 1 aliphatic heterocycles. The zero-order chi connectivity index (χ0) is 16.7. The van der Waals surface area contributed by atoms with Crippen molar-refractivity contribution in [2.75, 3.05) is 18.8 Å². The fraction of sp³-hybridized carbons (Fsp3) is 0.611. The van der Waals surface area contributed by atoms with E-state index < -0.39 is 16.2 Å². The van der Waals surface area contributed by atoms with E-state index in [9.17, 15) is 13.4 Å². The zero-order valence-corrected chi connectivity index (χ0v) is 14.6. The van der Waals surface area contributed by atoms with Crippen LogP contribution in [0.5, 0.6) is 0 Å². The van der Waals surface area contributed by atoms with Gasteiger partial charge in [0.25, 0.3) is 0 Å². The van der Waals surface area contributed by atoms with Crippen molar-refractivity contribution in [1.82, 2.24) is 4.90 Å². The quantitative estimate of drug-likeness (QED) is 0.832. The third kappa shape index (κ3) is 2.95. The van der Waals surface area contributed by atoms with Crippen LogP contribution in [0.15, 0.2) is 24.3 Å². The van der Waals surface area contributed by atoms with Gasteiger partial charge in [-0.2, -0.15) is 0 Å². The van der Waals surface area contributed by atoms with Crippen LogP contribution in [-0.2, 0) is 21.0 Å². The highest BCUT2D eigenvalue weighted by Crippen LogP contribution is 2.43. The number of carbonyl (C=O) groups is 1. The Morgan fingerprint density at radius 3 is 2.35 bits per heavy atom. The maximum atomic E-state index is 13.3. The van der Waals surface area contributed by atoms with Crippen LogP contribution < -0.4 is 0 Å². The molecule has 0 bridgehead atoms. The molecule has 1 aromatic rings. The van der Waals surface area contributed by atoms with Crippen LogP contribution in [0.25, 0.3) is 0 Å². The van der Waals surface area contributed by atoms with E-state index in [1.807, 2.05) is 18.7 Å². The zero-order valence-electron chi connectivity index (χ0n) is 13.8. The summed E-state index contributed by atoms with van der Waals surface area (Å²) in [6.07, 6.45) is 3.67. The number of hydrogen-bond donors (Lipinski definition) is 0. The molecule has 2 aliphatic rings. The van der Waals surface area contributed by atoms with Gasteiger partial charge in [0.1, 0.15) is 5.82 Å². The minimum absolute atomic E-state index is 0.131. The van der Waals surface area contributed by atoms with Gasteiger partial charge in [-0.25, -0.2) is 4.39 Å². The smallest absolute Gasteiger partial charge is 0.233 e. The molecule has 1 aromatic carbocycles. The molecule has 0 radical (unpaired) electrons. The topological polar surface area (TPSA) is 37.4 Å². The predicted molar refractivity (Wildman–Crippen MR) is 90.2 cm³/mol. The summed E-state index contributed by atoms with van der Waals surface area (Å²) in [4.78, 5) is 15.2. The number of carbonyl (C=O) groups excluding carboxylic acids is 1. The van der Waals surface area contributed by atoms with Crippen molar-refractivity contribution in [1.29, 1.82) is 0 Å². The first-order valence-corrected chi connectivity index (χ1v) is 9.61. The third-order valence-corrected chi connectivity index (χ3v) is 7.20. The predicted octanol–water partition coefficient (Wildman–Crippen LogP) is 3.01. The standard InChI is InChI=1S/C18H24FNO2S/c1-17(2)13-20(11-12-23(17)22)16(21)18(9-3-4-10-18)14-5-7-15(19)8-6-14/h5-8H,3-4,9-13H2,1-2H3. The molecule has 0 N–H and O–H groups in total. The summed E-state index contributed by atoms with van der Waals surface area (Å²) < 4.78 is 25.0. The van der Waals surface area contributed by atoms with Crippen molar-refractivity contribution in [3.05, 3.63) is 35.6 Å². The summed E-state index contributed by atoms with van der Waals surface area (Å²) >= 11 is 0. The summed E-state index contributed by atoms with van der Waals surface area (Å²) in [6, 6.07) is 6.40. The minimum Gasteiger partial charge on any atom is -0.340 e. The van der Waals surface area contributed by atoms with Gasteiger partial charge in [-0.3, -0.25) is 9.00 Å². The average molecular weight is 337 g/mol. The van der Waals surface area contributed by atoms with Crippen LogP contribution in [0, 0.1) is 5.82 Å². The summed E-state index contributed by atoms with van der Waals surface area (Å²) in [6.45, 7) is 5.00. The molecule has 1 amide bonds. The second-order valence-corrected chi connectivity index (χ2v) is 9.54. The monoisotopic (exact) mass is 337 g/mol. The number of hydrogen-bond acceptors (Lipinski definition) is 2. The lowest BCUT2D eigenvalue weighted by Crippen LogP contribution is -2.56. The van der Waals surface area contributed by atoms with Crippen molar-refractivity contribution in [2.24, 2.45) is 0 Å². The Bertz CT molecular complexity index is 620. The Hall–Kier alpha value is -1.23. The van der Waals surface area contributed by atoms with E-state index in [-0.39, 0.29) is 16.5 Å². The summed E-state index contributed by atoms with van der Waals surface area (Å²) in [5, 5.41) is 0. The highest BCUT2D eigenvalue weighted by molar-refractivity contribution is 7.86. The first-order chi connectivity index (χ1) is 10.8. The molecule has 2 fully saturated rings. The Labute approximate surface area is 139 Å². The van der Waals surface area contributed by atoms with E-state index in [1.165, 1.54) is 12.1 Å². The van der Waals surface area contributed by atoms with Gasteiger partial charge < -0.3 is 4.90 Å². The van der Waals surface area contributed by atoms with E-state index in [1.54, 1.807) is 12.1 Å². The summed E-state index contributed by atoms with van der Waals surface area (Å²) in [5.41, 5.74) is 0.397. The molecule has 3 nitrogen and oxygen atoms in total. The van der Waals surface area contributed by atoms with Gasteiger partial charge in [0, 0.05) is 29.6 Å². The molecular weight excluding hydrogens is 313 g/mol. The molecular formula is C18H24FNO2S. The minimum atomic E-state index is -0.894. The molecule has 5 heteroatoms. The molecule has 3 rings (SSSR count). The van der Waals surface area contributed by atoms with Crippen molar-refractivity contribution in [2.45, 2.75) is 49.7 Å². The molecule has 1 saturated heterocycles. The summed E-state index contributed by atoms with van der Waals surface area (Å²) in [7, 11) is -0.894. The van der Waals surface area contributed by atoms with Gasteiger partial charge in [0.05, 0.1) is 10.2 Å². The Kier molecular flexibility index (Phi) is 4.34. The van der Waals surface area contributed by atoms with Crippen molar-refractivity contribution in [3.8, 4) is 0 Å². The fourth-order valence-electron chi connectivity index (χ4n) is 3.93. The second-order valence-electron chi connectivity index (χ2n) is 7.33. The maximum Gasteiger partial charge on any atom is 0.233 e. The number of amides is 1. The van der Waals surface area contributed by atoms with E-state index in [0.717, 1.165) is 31.2 Å². The highest BCUT2D eigenvalue weighted by Gasteiger charge is 2.47. The molecule has 1 heterocycles. The van der Waals surface area contributed by atoms with Crippen LogP contribution in [0.4, 0.5) is 4.39 Å². The van der Waals surface area contributed by atoms with E-state index in [0.29, 0.717) is 18.8 Å². The van der Waals surface area contributed by atoms with Crippen molar-refractivity contribution < 1.29 is 13.4 Å². The first-order valence-electron chi connectivity index (χ1n) is 8.29. The van der Waals surface area contributed by atoms with E-state index in [4.69, 9.17) is 0 Å². The molecule has 23 heavy (non-hydrogen) atoms. The molecule has 1 atom stereocenters. The van der Waals surface area contributed by atoms with Gasteiger partial charge in [-0.05, 0) is 44.4 Å². The molecule has 1 aliphatic carbocycles. The lowest BCUT2D eigenvalue weighted by Gasteiger charge is -2.42. The van der Waals surface area contributed by atoms with Crippen LogP contribution in [0.3, 0.4) is 0 Å². The normalized spacial score (nSPS) is 26.2. The maximum absolute atomic E-state index is 13.3. The molecule has 0 aromatic heterocycles. The molecule has 1 saturated carbocycles. The van der Waals surface area contributed by atoms with E-state index in [2.05, 4.69) is 0 Å². The number of benzene rings is 1. The Morgan fingerprint density at radius 1 is 1.17 bits per heavy atom. The largest absolute Gasteiger partial charge is 0.340 e. The molecule has 1 unspecified atom stereocenters. The van der Waals surface area contributed by atoms with Crippen LogP contribution >= 0.6 is 0 Å². The van der Waals surface area contributed by atoms with Gasteiger partial charge >= 0.3 is 0 Å². The van der Waals surface area contributed by atoms with Gasteiger partial charge in [0.2, 0.25) is 5.91 Å². The van der Waals surface area contributed by atoms with Gasteiger partial charge in [0.15, 0.2) is 0 Å². The van der Waals surface area contributed by atoms with Gasteiger partial charge in [-0.1, -0.05) is 25.0 Å². The third-order valence-electron chi connectivity index (χ3n) is 5.29. The fourth-order valence-corrected chi connectivity index (χ4v) is 5.17.